The van der Waals surface area contributed by atoms with Gasteiger partial charge in [0.15, 0.2) is 0 Å². The zero-order valence-electron chi connectivity index (χ0n) is 9.27. The molecule has 0 saturated carbocycles. The van der Waals surface area contributed by atoms with Crippen LogP contribution in [0.4, 0.5) is 0 Å². The number of thiophene rings is 1. The number of nitrogens with one attached hydrogen (secondary N) is 1. The summed E-state index contributed by atoms with van der Waals surface area (Å²) in [5.74, 6) is 5.59. The molecule has 0 aliphatic carbocycles. The highest BCUT2D eigenvalue weighted by atomic mass is 35.5. The van der Waals surface area contributed by atoms with Crippen LogP contribution in [0.3, 0.4) is 0 Å². The van der Waals surface area contributed by atoms with Crippen molar-refractivity contribution in [2.24, 2.45) is 5.84 Å². The molecule has 2 aromatic rings. The number of hydrogen-bond acceptors (Lipinski definition) is 4. The van der Waals surface area contributed by atoms with Crippen LogP contribution in [0, 0.1) is 0 Å². The predicted molar refractivity (Wildman–Crippen MR) is 72.0 cm³/mol. The second kappa shape index (κ2) is 6.12. The molecule has 0 saturated heterocycles. The lowest BCUT2D eigenvalue weighted by Gasteiger charge is -2.16. The largest absolute Gasteiger partial charge is 0.271 e. The summed E-state index contributed by atoms with van der Waals surface area (Å²) >= 11 is 7.86. The van der Waals surface area contributed by atoms with Gasteiger partial charge in [0.2, 0.25) is 0 Å². The van der Waals surface area contributed by atoms with Crippen LogP contribution in [0.5, 0.6) is 0 Å². The number of aryl methyl sites for hydroxylation is 1. The highest BCUT2D eigenvalue weighted by Crippen LogP contribution is 2.25. The van der Waals surface area contributed by atoms with Crippen LogP contribution in [-0.2, 0) is 6.42 Å². The molecule has 2 rings (SSSR count). The van der Waals surface area contributed by atoms with Gasteiger partial charge < -0.3 is 0 Å². The van der Waals surface area contributed by atoms with E-state index < -0.39 is 0 Å². The van der Waals surface area contributed by atoms with Crippen LogP contribution >= 0.6 is 22.9 Å². The Balaban J connectivity index is 2.04. The van der Waals surface area contributed by atoms with Gasteiger partial charge in [-0.1, -0.05) is 17.7 Å². The first-order valence-corrected chi connectivity index (χ1v) is 6.65. The van der Waals surface area contributed by atoms with Crippen molar-refractivity contribution in [3.63, 3.8) is 0 Å². The van der Waals surface area contributed by atoms with Crippen LogP contribution in [0.1, 0.15) is 22.9 Å². The van der Waals surface area contributed by atoms with E-state index in [1.165, 1.54) is 4.88 Å². The highest BCUT2D eigenvalue weighted by molar-refractivity contribution is 7.09. The maximum absolute atomic E-state index is 6.10. The fourth-order valence-electron chi connectivity index (χ4n) is 1.74. The Morgan fingerprint density at radius 1 is 1.47 bits per heavy atom. The van der Waals surface area contributed by atoms with E-state index in [1.54, 1.807) is 23.7 Å². The molecule has 3 N–H and O–H groups in total. The third-order valence-corrected chi connectivity index (χ3v) is 3.89. The van der Waals surface area contributed by atoms with E-state index >= 15 is 0 Å². The van der Waals surface area contributed by atoms with Crippen molar-refractivity contribution < 1.29 is 0 Å². The van der Waals surface area contributed by atoms with E-state index in [0.29, 0.717) is 5.02 Å². The molecule has 5 heteroatoms. The Bertz CT molecular complexity index is 459. The van der Waals surface area contributed by atoms with Crippen LogP contribution in [0.25, 0.3) is 0 Å². The van der Waals surface area contributed by atoms with Crippen molar-refractivity contribution in [1.82, 2.24) is 10.4 Å². The molecule has 0 aromatic carbocycles. The summed E-state index contributed by atoms with van der Waals surface area (Å²) in [4.78, 5) is 5.33. The fraction of sp³-hybridized carbons (Fsp3) is 0.250. The molecular weight excluding hydrogens is 254 g/mol. The summed E-state index contributed by atoms with van der Waals surface area (Å²) in [6, 6.07) is 6.16. The first kappa shape index (κ1) is 12.5. The van der Waals surface area contributed by atoms with Gasteiger partial charge in [-0.3, -0.25) is 16.3 Å². The molecule has 0 spiro atoms. The summed E-state index contributed by atoms with van der Waals surface area (Å²) in [7, 11) is 0. The van der Waals surface area contributed by atoms with Gasteiger partial charge in [0.05, 0.1) is 5.02 Å². The summed E-state index contributed by atoms with van der Waals surface area (Å²) in [5.41, 5.74) is 3.81. The molecule has 3 nitrogen and oxygen atoms in total. The van der Waals surface area contributed by atoms with Crippen molar-refractivity contribution in [1.29, 1.82) is 0 Å². The van der Waals surface area contributed by atoms with Crippen molar-refractivity contribution >= 4 is 22.9 Å². The molecule has 0 bridgehead atoms. The lowest BCUT2D eigenvalue weighted by atomic mass is 10.0. The van der Waals surface area contributed by atoms with Gasteiger partial charge >= 0.3 is 0 Å². The van der Waals surface area contributed by atoms with Crippen LogP contribution < -0.4 is 11.3 Å². The normalized spacial score (nSPS) is 12.6. The molecule has 90 valence electrons. The zero-order chi connectivity index (χ0) is 12.1. The number of nitrogens with two attached hydrogens (primary N) is 1. The molecule has 0 fully saturated rings. The predicted octanol–water partition coefficient (Wildman–Crippen LogP) is 2.93. The van der Waals surface area contributed by atoms with Gasteiger partial charge in [-0.05, 0) is 35.9 Å². The first-order chi connectivity index (χ1) is 8.31. The van der Waals surface area contributed by atoms with Gasteiger partial charge in [-0.15, -0.1) is 11.3 Å². The number of hydrogen-bond donors (Lipinski definition) is 2. The quantitative estimate of drug-likeness (QED) is 0.647. The number of aromatic nitrogens is 1. The van der Waals surface area contributed by atoms with E-state index in [0.717, 1.165) is 18.4 Å². The van der Waals surface area contributed by atoms with Crippen molar-refractivity contribution in [3.05, 3.63) is 51.4 Å². The van der Waals surface area contributed by atoms with E-state index in [-0.39, 0.29) is 6.04 Å². The maximum atomic E-state index is 6.10. The maximum Gasteiger partial charge on any atom is 0.0637 e. The van der Waals surface area contributed by atoms with Gasteiger partial charge in [0, 0.05) is 23.3 Å². The summed E-state index contributed by atoms with van der Waals surface area (Å²) in [5, 5.41) is 2.74. The minimum absolute atomic E-state index is 0.0626. The van der Waals surface area contributed by atoms with Crippen LogP contribution in [-0.4, -0.2) is 4.98 Å². The Morgan fingerprint density at radius 3 is 3.00 bits per heavy atom. The Morgan fingerprint density at radius 2 is 2.35 bits per heavy atom. The fourth-order valence-corrected chi connectivity index (χ4v) is 2.71. The number of hydrazine groups is 1. The van der Waals surface area contributed by atoms with Crippen molar-refractivity contribution in [2.75, 3.05) is 0 Å². The molecule has 2 aromatic heterocycles. The third-order valence-electron chi connectivity index (χ3n) is 2.64. The molecule has 2 heterocycles. The molecule has 0 amide bonds. The zero-order valence-corrected chi connectivity index (χ0v) is 10.8. The lowest BCUT2D eigenvalue weighted by Crippen LogP contribution is -2.28. The van der Waals surface area contributed by atoms with E-state index in [4.69, 9.17) is 17.4 Å². The SMILES string of the molecule is NNC(CCc1cccs1)c1ccncc1Cl. The van der Waals surface area contributed by atoms with Crippen LogP contribution in [0.15, 0.2) is 36.0 Å². The number of halogens is 1. The Labute approximate surface area is 110 Å². The summed E-state index contributed by atoms with van der Waals surface area (Å²) in [6.45, 7) is 0. The van der Waals surface area contributed by atoms with Crippen molar-refractivity contribution in [2.45, 2.75) is 18.9 Å². The highest BCUT2D eigenvalue weighted by Gasteiger charge is 2.13. The van der Waals surface area contributed by atoms with E-state index in [2.05, 4.69) is 27.9 Å². The van der Waals surface area contributed by atoms with E-state index in [1.807, 2.05) is 6.07 Å². The van der Waals surface area contributed by atoms with Crippen molar-refractivity contribution in [3.8, 4) is 0 Å². The molecule has 1 unspecified atom stereocenters. The van der Waals surface area contributed by atoms with Crippen LogP contribution in [0.2, 0.25) is 5.02 Å². The average Bonchev–Trinajstić information content (AvgIpc) is 2.85. The second-order valence-corrected chi connectivity index (χ2v) is 5.17. The minimum atomic E-state index is 0.0626. The molecule has 0 aliphatic heterocycles. The number of nitrogens with zero attached hydrogens (tertiary/aromatic N) is 1. The minimum Gasteiger partial charge on any atom is -0.271 e. The standard InChI is InChI=1S/C12H14ClN3S/c13-11-8-15-6-5-10(11)12(16-14)4-3-9-2-1-7-17-9/h1-2,5-8,12,16H,3-4,14H2. The lowest BCUT2D eigenvalue weighted by molar-refractivity contribution is 0.518. The second-order valence-electron chi connectivity index (χ2n) is 3.73. The van der Waals surface area contributed by atoms with Gasteiger partial charge in [0.25, 0.3) is 0 Å². The third kappa shape index (κ3) is 3.26. The molecule has 0 aliphatic rings. The molecule has 17 heavy (non-hydrogen) atoms. The Hall–Kier alpha value is -0.940. The number of pyridine rings is 1. The topological polar surface area (TPSA) is 50.9 Å². The molecule has 0 radical (unpaired) electrons. The van der Waals surface area contributed by atoms with Gasteiger partial charge in [-0.25, -0.2) is 0 Å². The summed E-state index contributed by atoms with van der Waals surface area (Å²) < 4.78 is 0. The first-order valence-electron chi connectivity index (χ1n) is 5.39. The number of rotatable bonds is 5. The summed E-state index contributed by atoms with van der Waals surface area (Å²) in [6.07, 6.45) is 5.29. The van der Waals surface area contributed by atoms with E-state index in [9.17, 15) is 0 Å². The molecule has 1 atom stereocenters. The smallest absolute Gasteiger partial charge is 0.0637 e. The van der Waals surface area contributed by atoms with Gasteiger partial charge in [0.1, 0.15) is 0 Å². The monoisotopic (exact) mass is 267 g/mol. The Kier molecular flexibility index (Phi) is 4.50. The molecular formula is C12H14ClN3S. The van der Waals surface area contributed by atoms with Gasteiger partial charge in [-0.2, -0.15) is 0 Å². The average molecular weight is 268 g/mol.